The summed E-state index contributed by atoms with van der Waals surface area (Å²) >= 11 is 0. The van der Waals surface area contributed by atoms with E-state index in [1.165, 1.54) is 16.7 Å². The number of benzene rings is 2. The summed E-state index contributed by atoms with van der Waals surface area (Å²) in [6.45, 7) is 5.78. The smallest absolute Gasteiger partial charge is 0.234 e. The van der Waals surface area contributed by atoms with Gasteiger partial charge in [0.2, 0.25) is 5.91 Å². The monoisotopic (exact) mass is 376 g/mol. The van der Waals surface area contributed by atoms with E-state index in [0.29, 0.717) is 19.6 Å². The van der Waals surface area contributed by atoms with E-state index in [0.717, 1.165) is 12.2 Å². The van der Waals surface area contributed by atoms with Crippen molar-refractivity contribution in [2.75, 3.05) is 6.54 Å². The van der Waals surface area contributed by atoms with Gasteiger partial charge in [-0.25, -0.2) is 0 Å². The van der Waals surface area contributed by atoms with Crippen molar-refractivity contribution < 1.29 is 9.21 Å². The number of hydrogen-bond acceptors (Lipinski definition) is 3. The fraction of sp³-hybridized carbons (Fsp3) is 0.292. The van der Waals surface area contributed by atoms with E-state index >= 15 is 0 Å². The molecule has 4 heteroatoms. The van der Waals surface area contributed by atoms with Crippen molar-refractivity contribution in [2.45, 2.75) is 39.4 Å². The van der Waals surface area contributed by atoms with Crippen LogP contribution in [-0.2, 0) is 24.3 Å². The molecule has 0 saturated heterocycles. The van der Waals surface area contributed by atoms with Gasteiger partial charge in [-0.15, -0.1) is 0 Å². The van der Waals surface area contributed by atoms with Crippen molar-refractivity contribution in [3.05, 3.63) is 95.4 Å². The standard InChI is InChI=1S/C24H28N2O2/c1-19-9-6-7-12-22(19)15-20(2)25-24(27)18-26(17-23-13-8-14-28-23)16-21-10-4-3-5-11-21/h3-14,20H,15-18H2,1-2H3,(H,25,27). The third kappa shape index (κ3) is 6.10. The minimum Gasteiger partial charge on any atom is -0.468 e. The van der Waals surface area contributed by atoms with Crippen LogP contribution >= 0.6 is 0 Å². The van der Waals surface area contributed by atoms with Gasteiger partial charge in [-0.3, -0.25) is 9.69 Å². The highest BCUT2D eigenvalue weighted by atomic mass is 16.3. The number of furan rings is 1. The second-order valence-corrected chi connectivity index (χ2v) is 7.31. The summed E-state index contributed by atoms with van der Waals surface area (Å²) in [4.78, 5) is 14.8. The van der Waals surface area contributed by atoms with Crippen molar-refractivity contribution in [3.63, 3.8) is 0 Å². The van der Waals surface area contributed by atoms with Gasteiger partial charge < -0.3 is 9.73 Å². The zero-order valence-electron chi connectivity index (χ0n) is 16.6. The lowest BCUT2D eigenvalue weighted by atomic mass is 10.0. The SMILES string of the molecule is Cc1ccccc1CC(C)NC(=O)CN(Cc1ccccc1)Cc1ccco1. The van der Waals surface area contributed by atoms with E-state index in [4.69, 9.17) is 4.42 Å². The van der Waals surface area contributed by atoms with Gasteiger partial charge in [0, 0.05) is 12.6 Å². The van der Waals surface area contributed by atoms with E-state index < -0.39 is 0 Å². The average Bonchev–Trinajstić information content (AvgIpc) is 3.17. The van der Waals surface area contributed by atoms with Crippen molar-refractivity contribution in [3.8, 4) is 0 Å². The molecule has 1 aromatic heterocycles. The topological polar surface area (TPSA) is 45.5 Å². The first kappa shape index (κ1) is 19.9. The summed E-state index contributed by atoms with van der Waals surface area (Å²) in [5, 5.41) is 3.14. The molecule has 1 N–H and O–H groups in total. The van der Waals surface area contributed by atoms with Crippen LogP contribution < -0.4 is 5.32 Å². The third-order valence-electron chi connectivity index (χ3n) is 4.77. The van der Waals surface area contributed by atoms with Gasteiger partial charge in [-0.1, -0.05) is 54.6 Å². The molecule has 3 rings (SSSR count). The van der Waals surface area contributed by atoms with Crippen molar-refractivity contribution >= 4 is 5.91 Å². The first-order chi connectivity index (χ1) is 13.6. The van der Waals surface area contributed by atoms with E-state index in [1.54, 1.807) is 6.26 Å². The number of carbonyl (C=O) groups excluding carboxylic acids is 1. The van der Waals surface area contributed by atoms with Crippen molar-refractivity contribution in [2.24, 2.45) is 0 Å². The van der Waals surface area contributed by atoms with Gasteiger partial charge in [-0.05, 0) is 49.1 Å². The number of rotatable bonds is 9. The van der Waals surface area contributed by atoms with Gasteiger partial charge in [0.1, 0.15) is 5.76 Å². The molecule has 0 bridgehead atoms. The summed E-state index contributed by atoms with van der Waals surface area (Å²) in [5.41, 5.74) is 3.70. The number of amides is 1. The second-order valence-electron chi connectivity index (χ2n) is 7.31. The predicted octanol–water partition coefficient (Wildman–Crippen LogP) is 4.34. The Bertz CT molecular complexity index is 859. The second kappa shape index (κ2) is 9.90. The van der Waals surface area contributed by atoms with Crippen LogP contribution in [0.2, 0.25) is 0 Å². The molecule has 146 valence electrons. The third-order valence-corrected chi connectivity index (χ3v) is 4.77. The van der Waals surface area contributed by atoms with Crippen LogP contribution in [0.3, 0.4) is 0 Å². The molecule has 1 amide bonds. The molecular formula is C24H28N2O2. The molecule has 3 aromatic rings. The van der Waals surface area contributed by atoms with Gasteiger partial charge in [0.25, 0.3) is 0 Å². The molecule has 0 spiro atoms. The van der Waals surface area contributed by atoms with Crippen LogP contribution in [0, 0.1) is 6.92 Å². The number of hydrogen-bond donors (Lipinski definition) is 1. The Morgan fingerprint density at radius 3 is 2.46 bits per heavy atom. The Morgan fingerprint density at radius 2 is 1.75 bits per heavy atom. The fourth-order valence-corrected chi connectivity index (χ4v) is 3.38. The van der Waals surface area contributed by atoms with E-state index in [9.17, 15) is 4.79 Å². The van der Waals surface area contributed by atoms with Gasteiger partial charge in [0.15, 0.2) is 0 Å². The molecule has 0 aliphatic heterocycles. The molecular weight excluding hydrogens is 348 g/mol. The van der Waals surface area contributed by atoms with E-state index in [2.05, 4.69) is 48.3 Å². The lowest BCUT2D eigenvalue weighted by Gasteiger charge is -2.22. The first-order valence-corrected chi connectivity index (χ1v) is 9.72. The summed E-state index contributed by atoms with van der Waals surface area (Å²) in [7, 11) is 0. The molecule has 28 heavy (non-hydrogen) atoms. The Hall–Kier alpha value is -2.85. The van der Waals surface area contributed by atoms with Crippen molar-refractivity contribution in [1.82, 2.24) is 10.2 Å². The van der Waals surface area contributed by atoms with Crippen LogP contribution in [0.4, 0.5) is 0 Å². The quantitative estimate of drug-likeness (QED) is 0.604. The first-order valence-electron chi connectivity index (χ1n) is 9.72. The normalized spacial score (nSPS) is 12.1. The molecule has 0 aliphatic carbocycles. The molecule has 0 fully saturated rings. The molecule has 1 atom stereocenters. The molecule has 1 heterocycles. The number of carbonyl (C=O) groups is 1. The fourth-order valence-electron chi connectivity index (χ4n) is 3.38. The molecule has 2 aromatic carbocycles. The highest BCUT2D eigenvalue weighted by Crippen LogP contribution is 2.12. The molecule has 1 unspecified atom stereocenters. The number of aryl methyl sites for hydroxylation is 1. The van der Waals surface area contributed by atoms with E-state index in [-0.39, 0.29) is 11.9 Å². The number of nitrogens with zero attached hydrogens (tertiary/aromatic N) is 1. The largest absolute Gasteiger partial charge is 0.468 e. The lowest BCUT2D eigenvalue weighted by molar-refractivity contribution is -0.123. The summed E-state index contributed by atoms with van der Waals surface area (Å²) in [5.74, 6) is 0.889. The maximum Gasteiger partial charge on any atom is 0.234 e. The van der Waals surface area contributed by atoms with Crippen LogP contribution in [0.15, 0.2) is 77.4 Å². The predicted molar refractivity (Wildman–Crippen MR) is 112 cm³/mol. The molecule has 0 aliphatic rings. The Morgan fingerprint density at radius 1 is 1.00 bits per heavy atom. The van der Waals surface area contributed by atoms with Crippen LogP contribution in [-0.4, -0.2) is 23.4 Å². The molecule has 0 saturated carbocycles. The highest BCUT2D eigenvalue weighted by Gasteiger charge is 2.15. The summed E-state index contributed by atoms with van der Waals surface area (Å²) < 4.78 is 5.48. The zero-order chi connectivity index (χ0) is 19.8. The maximum atomic E-state index is 12.7. The maximum absolute atomic E-state index is 12.7. The van der Waals surface area contributed by atoms with Crippen LogP contribution in [0.25, 0.3) is 0 Å². The molecule has 4 nitrogen and oxygen atoms in total. The van der Waals surface area contributed by atoms with Crippen LogP contribution in [0.5, 0.6) is 0 Å². The van der Waals surface area contributed by atoms with Crippen molar-refractivity contribution in [1.29, 1.82) is 0 Å². The Balaban J connectivity index is 1.59. The van der Waals surface area contributed by atoms with Crippen LogP contribution in [0.1, 0.15) is 29.4 Å². The highest BCUT2D eigenvalue weighted by molar-refractivity contribution is 5.78. The summed E-state index contributed by atoms with van der Waals surface area (Å²) in [6.07, 6.45) is 2.50. The minimum atomic E-state index is 0.0311. The minimum absolute atomic E-state index is 0.0311. The van der Waals surface area contributed by atoms with Gasteiger partial charge in [0.05, 0.1) is 19.4 Å². The number of nitrogens with one attached hydrogen (secondary N) is 1. The molecule has 0 radical (unpaired) electrons. The Kier molecular flexibility index (Phi) is 7.04. The lowest BCUT2D eigenvalue weighted by Crippen LogP contribution is -2.41. The average molecular weight is 377 g/mol. The van der Waals surface area contributed by atoms with E-state index in [1.807, 2.05) is 42.5 Å². The Labute approximate surface area is 167 Å². The summed E-state index contributed by atoms with van der Waals surface area (Å²) in [6, 6.07) is 22.4. The zero-order valence-corrected chi connectivity index (χ0v) is 16.6. The van der Waals surface area contributed by atoms with Gasteiger partial charge >= 0.3 is 0 Å². The van der Waals surface area contributed by atoms with Gasteiger partial charge in [-0.2, -0.15) is 0 Å².